The Hall–Kier alpha value is -2.16. The average molecular weight is 271 g/mol. The third kappa shape index (κ3) is 2.72. The van der Waals surface area contributed by atoms with Crippen LogP contribution in [0.15, 0.2) is 42.5 Å². The van der Waals surface area contributed by atoms with E-state index in [4.69, 9.17) is 0 Å². The van der Waals surface area contributed by atoms with E-state index in [0.29, 0.717) is 11.1 Å². The topological polar surface area (TPSA) is 20.3 Å². The minimum absolute atomic E-state index is 0.155. The van der Waals surface area contributed by atoms with Gasteiger partial charge in [0.15, 0.2) is 6.29 Å². The summed E-state index contributed by atoms with van der Waals surface area (Å²) in [5, 5.41) is 0. The van der Waals surface area contributed by atoms with E-state index in [9.17, 15) is 9.18 Å². The van der Waals surface area contributed by atoms with Crippen LogP contribution >= 0.6 is 0 Å². The maximum absolute atomic E-state index is 13.9. The minimum Gasteiger partial charge on any atom is -0.367 e. The summed E-state index contributed by atoms with van der Waals surface area (Å²) in [5.41, 5.74) is 3.08. The maximum Gasteiger partial charge on any atom is 0.152 e. The highest BCUT2D eigenvalue weighted by Gasteiger charge is 2.17. The number of benzene rings is 2. The summed E-state index contributed by atoms with van der Waals surface area (Å²) >= 11 is 0. The number of anilines is 1. The normalized spacial score (nSPS) is 12.0. The summed E-state index contributed by atoms with van der Waals surface area (Å²) in [6.45, 7) is 3.87. The number of rotatable bonds is 4. The lowest BCUT2D eigenvalue weighted by molar-refractivity contribution is 0.112. The number of halogens is 1. The van der Waals surface area contributed by atoms with Gasteiger partial charge in [-0.1, -0.05) is 29.8 Å². The molecule has 2 aromatic rings. The molecule has 0 saturated heterocycles. The van der Waals surface area contributed by atoms with E-state index in [2.05, 4.69) is 0 Å². The van der Waals surface area contributed by atoms with Crippen molar-refractivity contribution >= 4 is 12.0 Å². The average Bonchev–Trinajstić information content (AvgIpc) is 2.46. The van der Waals surface area contributed by atoms with Crippen LogP contribution in [-0.4, -0.2) is 13.3 Å². The van der Waals surface area contributed by atoms with Crippen molar-refractivity contribution in [2.24, 2.45) is 0 Å². The van der Waals surface area contributed by atoms with Gasteiger partial charge in [0, 0.05) is 23.9 Å². The third-order valence-electron chi connectivity index (χ3n) is 3.63. The molecule has 0 aliphatic rings. The van der Waals surface area contributed by atoms with E-state index >= 15 is 0 Å². The molecule has 0 heterocycles. The van der Waals surface area contributed by atoms with Crippen LogP contribution < -0.4 is 4.90 Å². The van der Waals surface area contributed by atoms with Crippen molar-refractivity contribution in [1.29, 1.82) is 0 Å². The van der Waals surface area contributed by atoms with Crippen LogP contribution in [0.2, 0.25) is 0 Å². The summed E-state index contributed by atoms with van der Waals surface area (Å²) in [7, 11) is 1.87. The molecule has 0 aromatic heterocycles. The molecule has 1 unspecified atom stereocenters. The zero-order chi connectivity index (χ0) is 14.7. The van der Waals surface area contributed by atoms with Crippen LogP contribution in [0.3, 0.4) is 0 Å². The first kappa shape index (κ1) is 14.3. The Balaban J connectivity index is 2.39. The van der Waals surface area contributed by atoms with Crippen LogP contribution in [0.5, 0.6) is 0 Å². The Bertz CT molecular complexity index is 624. The first-order valence-corrected chi connectivity index (χ1v) is 6.57. The lowest BCUT2D eigenvalue weighted by Gasteiger charge is -2.29. The highest BCUT2D eigenvalue weighted by molar-refractivity contribution is 5.85. The fourth-order valence-electron chi connectivity index (χ4n) is 2.32. The van der Waals surface area contributed by atoms with Crippen molar-refractivity contribution in [3.05, 3.63) is 65.0 Å². The molecule has 2 aromatic carbocycles. The van der Waals surface area contributed by atoms with E-state index in [1.807, 2.05) is 50.1 Å². The SMILES string of the molecule is Cc1ccc(N(C)C(C)c2ccccc2F)c(C=O)c1. The summed E-state index contributed by atoms with van der Waals surface area (Å²) < 4.78 is 13.9. The lowest BCUT2D eigenvalue weighted by atomic mass is 10.0. The molecule has 2 nitrogen and oxygen atoms in total. The molecule has 0 aliphatic heterocycles. The Morgan fingerprint density at radius 2 is 1.90 bits per heavy atom. The Morgan fingerprint density at radius 1 is 1.20 bits per heavy atom. The van der Waals surface area contributed by atoms with Crippen LogP contribution in [0.1, 0.15) is 34.5 Å². The zero-order valence-electron chi connectivity index (χ0n) is 11.9. The first-order valence-electron chi connectivity index (χ1n) is 6.57. The molecule has 3 heteroatoms. The number of hydrogen-bond acceptors (Lipinski definition) is 2. The van der Waals surface area contributed by atoms with Gasteiger partial charge in [0.1, 0.15) is 5.82 Å². The molecule has 2 rings (SSSR count). The highest BCUT2D eigenvalue weighted by Crippen LogP contribution is 2.29. The molecule has 1 atom stereocenters. The number of nitrogens with zero attached hydrogens (tertiary/aromatic N) is 1. The van der Waals surface area contributed by atoms with Crippen LogP contribution in [0, 0.1) is 12.7 Å². The van der Waals surface area contributed by atoms with Gasteiger partial charge in [-0.3, -0.25) is 4.79 Å². The second-order valence-corrected chi connectivity index (χ2v) is 4.99. The Kier molecular flexibility index (Phi) is 4.18. The standard InChI is InChI=1S/C17H18FNO/c1-12-8-9-17(14(10-12)11-20)19(3)13(2)15-6-4-5-7-16(15)18/h4-11,13H,1-3H3. The number of carbonyl (C=O) groups excluding carboxylic acids is 1. The molecule has 20 heavy (non-hydrogen) atoms. The smallest absolute Gasteiger partial charge is 0.152 e. The number of aldehydes is 1. The van der Waals surface area contributed by atoms with Gasteiger partial charge >= 0.3 is 0 Å². The van der Waals surface area contributed by atoms with E-state index in [1.165, 1.54) is 6.07 Å². The monoisotopic (exact) mass is 271 g/mol. The summed E-state index contributed by atoms with van der Waals surface area (Å²) in [6.07, 6.45) is 0.840. The molecule has 0 aliphatic carbocycles. The highest BCUT2D eigenvalue weighted by atomic mass is 19.1. The van der Waals surface area contributed by atoms with Gasteiger partial charge in [-0.25, -0.2) is 4.39 Å². The predicted molar refractivity (Wildman–Crippen MR) is 79.8 cm³/mol. The van der Waals surface area contributed by atoms with Gasteiger partial charge in [0.2, 0.25) is 0 Å². The van der Waals surface area contributed by atoms with E-state index in [0.717, 1.165) is 17.5 Å². The van der Waals surface area contributed by atoms with Gasteiger partial charge in [-0.05, 0) is 32.0 Å². The maximum atomic E-state index is 13.9. The predicted octanol–water partition coefficient (Wildman–Crippen LogP) is 4.14. The van der Waals surface area contributed by atoms with Gasteiger partial charge in [-0.15, -0.1) is 0 Å². The summed E-state index contributed by atoms with van der Waals surface area (Å²) in [5.74, 6) is -0.230. The van der Waals surface area contributed by atoms with Gasteiger partial charge in [0.05, 0.1) is 6.04 Å². The molecule has 0 spiro atoms. The zero-order valence-corrected chi connectivity index (χ0v) is 11.9. The Morgan fingerprint density at radius 3 is 2.55 bits per heavy atom. The molecule has 0 saturated carbocycles. The second kappa shape index (κ2) is 5.87. The molecular formula is C17H18FNO. The minimum atomic E-state index is -0.230. The van der Waals surface area contributed by atoms with E-state index in [-0.39, 0.29) is 11.9 Å². The lowest BCUT2D eigenvalue weighted by Crippen LogP contribution is -2.23. The Labute approximate surface area is 118 Å². The van der Waals surface area contributed by atoms with Crippen molar-refractivity contribution in [2.45, 2.75) is 19.9 Å². The van der Waals surface area contributed by atoms with Crippen molar-refractivity contribution < 1.29 is 9.18 Å². The van der Waals surface area contributed by atoms with Crippen molar-refractivity contribution in [1.82, 2.24) is 0 Å². The number of hydrogen-bond donors (Lipinski definition) is 0. The number of aryl methyl sites for hydroxylation is 1. The molecule has 0 fully saturated rings. The van der Waals surface area contributed by atoms with Crippen LogP contribution in [0.25, 0.3) is 0 Å². The molecule has 0 amide bonds. The first-order chi connectivity index (χ1) is 9.54. The van der Waals surface area contributed by atoms with Crippen LogP contribution in [-0.2, 0) is 0 Å². The third-order valence-corrected chi connectivity index (χ3v) is 3.63. The van der Waals surface area contributed by atoms with Gasteiger partial charge in [0.25, 0.3) is 0 Å². The molecular weight excluding hydrogens is 253 g/mol. The fraction of sp³-hybridized carbons (Fsp3) is 0.235. The molecule has 104 valence electrons. The van der Waals surface area contributed by atoms with Crippen molar-refractivity contribution in [3.63, 3.8) is 0 Å². The fourth-order valence-corrected chi connectivity index (χ4v) is 2.32. The van der Waals surface area contributed by atoms with Crippen LogP contribution in [0.4, 0.5) is 10.1 Å². The molecule has 0 N–H and O–H groups in total. The summed E-state index contributed by atoms with van der Waals surface area (Å²) in [6, 6.07) is 12.3. The molecule has 0 bridgehead atoms. The van der Waals surface area contributed by atoms with Crippen molar-refractivity contribution in [2.75, 3.05) is 11.9 Å². The van der Waals surface area contributed by atoms with Gasteiger partial charge < -0.3 is 4.90 Å². The second-order valence-electron chi connectivity index (χ2n) is 4.99. The quantitative estimate of drug-likeness (QED) is 0.779. The number of carbonyl (C=O) groups is 1. The van der Waals surface area contributed by atoms with E-state index < -0.39 is 0 Å². The van der Waals surface area contributed by atoms with Crippen molar-refractivity contribution in [3.8, 4) is 0 Å². The van der Waals surface area contributed by atoms with Gasteiger partial charge in [-0.2, -0.15) is 0 Å². The summed E-state index contributed by atoms with van der Waals surface area (Å²) in [4.78, 5) is 13.1. The molecule has 0 radical (unpaired) electrons. The van der Waals surface area contributed by atoms with E-state index in [1.54, 1.807) is 12.1 Å². The largest absolute Gasteiger partial charge is 0.367 e.